The topological polar surface area (TPSA) is 25.2 Å². The average Bonchev–Trinajstić information content (AvgIpc) is 2.76. The van der Waals surface area contributed by atoms with Crippen LogP contribution in [0, 0.1) is 18.6 Å². The van der Waals surface area contributed by atoms with Gasteiger partial charge < -0.3 is 9.73 Å². The van der Waals surface area contributed by atoms with E-state index in [9.17, 15) is 8.78 Å². The normalized spacial score (nSPS) is 12.7. The van der Waals surface area contributed by atoms with Crippen molar-refractivity contribution in [1.29, 1.82) is 0 Å². The zero-order valence-corrected chi connectivity index (χ0v) is 10.7. The average molecular weight is 272 g/mol. The Morgan fingerprint density at radius 2 is 2.00 bits per heavy atom. The molecular weight excluding hydrogens is 260 g/mol. The molecule has 1 atom stereocenters. The van der Waals surface area contributed by atoms with Gasteiger partial charge in [-0.1, -0.05) is 6.07 Å². The van der Waals surface area contributed by atoms with Crippen LogP contribution in [-0.4, -0.2) is 7.05 Å². The minimum atomic E-state index is -0.684. The van der Waals surface area contributed by atoms with Crippen LogP contribution in [0.4, 0.5) is 8.78 Å². The highest BCUT2D eigenvalue weighted by Gasteiger charge is 2.24. The fourth-order valence-electron chi connectivity index (χ4n) is 1.91. The Morgan fingerprint density at radius 1 is 1.28 bits per heavy atom. The van der Waals surface area contributed by atoms with E-state index >= 15 is 0 Å². The summed E-state index contributed by atoms with van der Waals surface area (Å²) < 4.78 is 32.9. The van der Waals surface area contributed by atoms with Gasteiger partial charge in [-0.3, -0.25) is 0 Å². The Bertz CT molecular complexity index is 568. The molecule has 1 aromatic carbocycles. The van der Waals surface area contributed by atoms with Gasteiger partial charge in [-0.25, -0.2) is 8.78 Å². The highest BCUT2D eigenvalue weighted by atomic mass is 35.5. The summed E-state index contributed by atoms with van der Waals surface area (Å²) in [5.41, 5.74) is 0.828. The molecule has 5 heteroatoms. The molecule has 0 saturated carbocycles. The van der Waals surface area contributed by atoms with Crippen molar-refractivity contribution >= 4 is 11.6 Å². The van der Waals surface area contributed by atoms with Crippen molar-refractivity contribution in [2.45, 2.75) is 13.0 Å². The number of furan rings is 1. The highest BCUT2D eigenvalue weighted by Crippen LogP contribution is 2.32. The van der Waals surface area contributed by atoms with Gasteiger partial charge in [0.05, 0.1) is 12.3 Å². The van der Waals surface area contributed by atoms with Crippen LogP contribution in [0.5, 0.6) is 0 Å². The Labute approximate surface area is 109 Å². The van der Waals surface area contributed by atoms with E-state index in [-0.39, 0.29) is 10.8 Å². The zero-order chi connectivity index (χ0) is 13.3. The summed E-state index contributed by atoms with van der Waals surface area (Å²) in [6, 6.07) is 3.55. The van der Waals surface area contributed by atoms with Gasteiger partial charge in [-0.2, -0.15) is 0 Å². The molecule has 2 aromatic rings. The molecule has 1 N–H and O–H groups in total. The number of benzene rings is 1. The minimum Gasteiger partial charge on any atom is -0.453 e. The predicted octanol–water partition coefficient (Wildman–Crippen LogP) is 3.83. The van der Waals surface area contributed by atoms with E-state index in [1.54, 1.807) is 20.0 Å². The third kappa shape index (κ3) is 2.13. The van der Waals surface area contributed by atoms with Crippen molar-refractivity contribution in [1.82, 2.24) is 5.32 Å². The van der Waals surface area contributed by atoms with Crippen LogP contribution < -0.4 is 5.32 Å². The zero-order valence-electron chi connectivity index (χ0n) is 9.93. The molecule has 1 heterocycles. The molecule has 1 aromatic heterocycles. The molecule has 96 valence electrons. The summed E-state index contributed by atoms with van der Waals surface area (Å²) in [6.07, 6.45) is 1.38. The maximum absolute atomic E-state index is 14.1. The molecule has 0 bridgehead atoms. The first kappa shape index (κ1) is 13.1. The second kappa shape index (κ2) is 5.08. The number of halogens is 3. The van der Waals surface area contributed by atoms with E-state index < -0.39 is 17.7 Å². The summed E-state index contributed by atoms with van der Waals surface area (Å²) >= 11 is 5.86. The van der Waals surface area contributed by atoms with E-state index in [0.717, 1.165) is 0 Å². The summed E-state index contributed by atoms with van der Waals surface area (Å²) in [4.78, 5) is 0. The van der Waals surface area contributed by atoms with Crippen LogP contribution in [0.1, 0.15) is 22.7 Å². The first-order chi connectivity index (χ1) is 8.56. The van der Waals surface area contributed by atoms with Gasteiger partial charge >= 0.3 is 0 Å². The van der Waals surface area contributed by atoms with E-state index in [1.165, 1.54) is 18.4 Å². The standard InChI is InChI=1S/C13H12ClF2NO/c1-7-3-4-9(15)10(11(7)16)12(17-2)8-5-6-18-13(8)14/h3-6,12,17H,1-2H3. The largest absolute Gasteiger partial charge is 0.453 e. The Balaban J connectivity index is 2.59. The van der Waals surface area contributed by atoms with Crippen molar-refractivity contribution in [3.05, 3.63) is 58.0 Å². The van der Waals surface area contributed by atoms with E-state index in [0.29, 0.717) is 11.1 Å². The quantitative estimate of drug-likeness (QED) is 0.918. The molecule has 0 amide bonds. The molecule has 0 aliphatic rings. The van der Waals surface area contributed by atoms with E-state index in [1.807, 2.05) is 0 Å². The smallest absolute Gasteiger partial charge is 0.198 e. The van der Waals surface area contributed by atoms with Gasteiger partial charge in [0.15, 0.2) is 5.22 Å². The van der Waals surface area contributed by atoms with Crippen LogP contribution in [0.3, 0.4) is 0 Å². The lowest BCUT2D eigenvalue weighted by Gasteiger charge is -2.18. The van der Waals surface area contributed by atoms with Gasteiger partial charge in [-0.05, 0) is 43.3 Å². The van der Waals surface area contributed by atoms with Crippen LogP contribution in [0.2, 0.25) is 5.22 Å². The third-order valence-electron chi connectivity index (χ3n) is 2.85. The molecule has 2 nitrogen and oxygen atoms in total. The van der Waals surface area contributed by atoms with Gasteiger partial charge in [-0.15, -0.1) is 0 Å². The molecule has 1 unspecified atom stereocenters. The van der Waals surface area contributed by atoms with Crippen LogP contribution in [0.25, 0.3) is 0 Å². The second-order valence-corrected chi connectivity index (χ2v) is 4.31. The maximum Gasteiger partial charge on any atom is 0.198 e. The lowest BCUT2D eigenvalue weighted by molar-refractivity contribution is 0.512. The molecule has 0 spiro atoms. The fraction of sp³-hybridized carbons (Fsp3) is 0.231. The van der Waals surface area contributed by atoms with Gasteiger partial charge in [0.25, 0.3) is 0 Å². The van der Waals surface area contributed by atoms with Crippen LogP contribution >= 0.6 is 11.6 Å². The first-order valence-electron chi connectivity index (χ1n) is 5.41. The van der Waals surface area contributed by atoms with Crippen LogP contribution in [0.15, 0.2) is 28.9 Å². The predicted molar refractivity (Wildman–Crippen MR) is 65.7 cm³/mol. The highest BCUT2D eigenvalue weighted by molar-refractivity contribution is 6.29. The van der Waals surface area contributed by atoms with Gasteiger partial charge in [0, 0.05) is 11.1 Å². The van der Waals surface area contributed by atoms with E-state index in [4.69, 9.17) is 16.0 Å². The molecule has 18 heavy (non-hydrogen) atoms. The summed E-state index contributed by atoms with van der Waals surface area (Å²) in [6.45, 7) is 1.59. The number of rotatable bonds is 3. The lowest BCUT2D eigenvalue weighted by atomic mass is 9.98. The maximum atomic E-state index is 14.1. The Hall–Kier alpha value is -1.39. The number of aryl methyl sites for hydroxylation is 1. The van der Waals surface area contributed by atoms with Crippen molar-refractivity contribution in [2.75, 3.05) is 7.05 Å². The first-order valence-corrected chi connectivity index (χ1v) is 5.78. The van der Waals surface area contributed by atoms with Crippen LogP contribution in [-0.2, 0) is 0 Å². The summed E-state index contributed by atoms with van der Waals surface area (Å²) in [5.74, 6) is -1.19. The number of nitrogens with one attached hydrogen (secondary N) is 1. The van der Waals surface area contributed by atoms with Crippen molar-refractivity contribution in [2.24, 2.45) is 0 Å². The van der Waals surface area contributed by atoms with Crippen molar-refractivity contribution < 1.29 is 13.2 Å². The molecule has 0 radical (unpaired) electrons. The SMILES string of the molecule is CNC(c1ccoc1Cl)c1c(F)ccc(C)c1F. The number of hydrogen-bond donors (Lipinski definition) is 1. The molecule has 0 saturated heterocycles. The monoisotopic (exact) mass is 271 g/mol. The summed E-state index contributed by atoms with van der Waals surface area (Å²) in [7, 11) is 1.61. The minimum absolute atomic E-state index is 0.0548. The molecule has 0 aliphatic carbocycles. The second-order valence-electron chi connectivity index (χ2n) is 3.96. The molecule has 0 fully saturated rings. The molecule has 0 aliphatic heterocycles. The van der Waals surface area contributed by atoms with Crippen molar-refractivity contribution in [3.63, 3.8) is 0 Å². The molecule has 2 rings (SSSR count). The van der Waals surface area contributed by atoms with Gasteiger partial charge in [0.2, 0.25) is 0 Å². The number of hydrogen-bond acceptors (Lipinski definition) is 2. The fourth-order valence-corrected chi connectivity index (χ4v) is 2.13. The Kier molecular flexibility index (Phi) is 3.68. The van der Waals surface area contributed by atoms with Crippen molar-refractivity contribution in [3.8, 4) is 0 Å². The Morgan fingerprint density at radius 3 is 2.56 bits per heavy atom. The van der Waals surface area contributed by atoms with E-state index in [2.05, 4.69) is 5.32 Å². The lowest BCUT2D eigenvalue weighted by Crippen LogP contribution is -2.20. The molecular formula is C13H12ClF2NO. The summed E-state index contributed by atoms with van der Waals surface area (Å²) in [5, 5.41) is 2.97. The third-order valence-corrected chi connectivity index (χ3v) is 3.16. The van der Waals surface area contributed by atoms with Gasteiger partial charge in [0.1, 0.15) is 11.6 Å².